The first-order chi connectivity index (χ1) is 11.3. The number of carbonyl (C=O) groups excluding carboxylic acids is 1. The number of ether oxygens (including phenoxy) is 2. The first-order valence-electron chi connectivity index (χ1n) is 8.60. The number of hydrogen-bond acceptors (Lipinski definition) is 4. The van der Waals surface area contributed by atoms with E-state index in [0.717, 1.165) is 23.5 Å². The van der Waals surface area contributed by atoms with Crippen LogP contribution in [0.4, 0.5) is 0 Å². The van der Waals surface area contributed by atoms with Crippen LogP contribution < -0.4 is 9.47 Å². The molecule has 1 amide bonds. The van der Waals surface area contributed by atoms with E-state index in [1.165, 1.54) is 0 Å². The topological polar surface area (TPSA) is 59.0 Å². The van der Waals surface area contributed by atoms with Crippen LogP contribution in [0.15, 0.2) is 18.2 Å². The summed E-state index contributed by atoms with van der Waals surface area (Å²) in [6.07, 6.45) is 0.852. The van der Waals surface area contributed by atoms with Gasteiger partial charge in [-0.05, 0) is 35.4 Å². The fourth-order valence-electron chi connectivity index (χ4n) is 3.52. The summed E-state index contributed by atoms with van der Waals surface area (Å²) in [5, 5.41) is 9.67. The zero-order valence-corrected chi connectivity index (χ0v) is 14.9. The first-order valence-corrected chi connectivity index (χ1v) is 8.60. The second kappa shape index (κ2) is 6.28. The van der Waals surface area contributed by atoms with Gasteiger partial charge in [-0.1, -0.05) is 26.8 Å². The highest BCUT2D eigenvalue weighted by Crippen LogP contribution is 2.50. The second-order valence-corrected chi connectivity index (χ2v) is 7.87. The average molecular weight is 333 g/mol. The highest BCUT2D eigenvalue weighted by molar-refractivity contribution is 5.83. The molecule has 0 aromatic heterocycles. The van der Waals surface area contributed by atoms with Crippen LogP contribution in [-0.2, 0) is 4.79 Å². The minimum absolute atomic E-state index is 0.00559. The van der Waals surface area contributed by atoms with Gasteiger partial charge < -0.3 is 19.5 Å². The Labute approximate surface area is 143 Å². The minimum atomic E-state index is -0.175. The fourth-order valence-corrected chi connectivity index (χ4v) is 3.52. The molecule has 1 aromatic rings. The highest BCUT2D eigenvalue weighted by atomic mass is 16.6. The lowest BCUT2D eigenvalue weighted by molar-refractivity contribution is -0.136. The summed E-state index contributed by atoms with van der Waals surface area (Å²) >= 11 is 0. The van der Waals surface area contributed by atoms with E-state index in [4.69, 9.17) is 9.47 Å². The summed E-state index contributed by atoms with van der Waals surface area (Å²) < 4.78 is 11.2. The van der Waals surface area contributed by atoms with E-state index in [-0.39, 0.29) is 35.8 Å². The summed E-state index contributed by atoms with van der Waals surface area (Å²) in [4.78, 5) is 14.5. The van der Waals surface area contributed by atoms with Gasteiger partial charge in [0.05, 0.1) is 12.6 Å². The summed E-state index contributed by atoms with van der Waals surface area (Å²) in [7, 11) is 1.80. The van der Waals surface area contributed by atoms with Gasteiger partial charge in [-0.3, -0.25) is 4.79 Å². The standard InChI is InChI=1S/C19H27NO4/c1-19(2,3)17(11-21)20(4)18(22)14-10-13(14)12-5-6-15-16(9-12)24-8-7-23-15/h5-6,9,13-14,17,21H,7-8,10-11H2,1-4H3/t13-,14-,17+/m1/s1. The number of amides is 1. The van der Waals surface area contributed by atoms with E-state index in [1.54, 1.807) is 11.9 Å². The lowest BCUT2D eigenvalue weighted by Crippen LogP contribution is -2.48. The molecule has 0 radical (unpaired) electrons. The molecule has 5 heteroatoms. The van der Waals surface area contributed by atoms with Crippen molar-refractivity contribution < 1.29 is 19.4 Å². The number of likely N-dealkylation sites (N-methyl/N-ethyl adjacent to an activating group) is 1. The molecule has 3 atom stereocenters. The highest BCUT2D eigenvalue weighted by Gasteiger charge is 2.47. The van der Waals surface area contributed by atoms with Gasteiger partial charge >= 0.3 is 0 Å². The quantitative estimate of drug-likeness (QED) is 0.919. The van der Waals surface area contributed by atoms with Crippen molar-refractivity contribution in [2.45, 2.75) is 39.2 Å². The fraction of sp³-hybridized carbons (Fsp3) is 0.632. The molecular formula is C19H27NO4. The molecule has 3 rings (SSSR count). The summed E-state index contributed by atoms with van der Waals surface area (Å²) in [5.74, 6) is 1.89. The predicted octanol–water partition coefficient (Wildman–Crippen LogP) is 2.43. The van der Waals surface area contributed by atoms with Crippen LogP contribution >= 0.6 is 0 Å². The van der Waals surface area contributed by atoms with Crippen molar-refractivity contribution in [2.75, 3.05) is 26.9 Å². The molecule has 24 heavy (non-hydrogen) atoms. The van der Waals surface area contributed by atoms with E-state index in [1.807, 2.05) is 39.0 Å². The normalized spacial score (nSPS) is 23.5. The molecule has 1 aliphatic carbocycles. The largest absolute Gasteiger partial charge is 0.486 e. The van der Waals surface area contributed by atoms with E-state index < -0.39 is 0 Å². The first kappa shape index (κ1) is 17.1. The molecule has 1 fully saturated rings. The molecule has 0 bridgehead atoms. The van der Waals surface area contributed by atoms with E-state index in [0.29, 0.717) is 13.2 Å². The molecule has 132 valence electrons. The number of nitrogens with zero attached hydrogens (tertiary/aromatic N) is 1. The number of carbonyl (C=O) groups is 1. The Bertz CT molecular complexity index is 622. The van der Waals surface area contributed by atoms with E-state index >= 15 is 0 Å². The Morgan fingerprint density at radius 2 is 1.96 bits per heavy atom. The van der Waals surface area contributed by atoms with Crippen molar-refractivity contribution in [1.29, 1.82) is 0 Å². The lowest BCUT2D eigenvalue weighted by atomic mass is 9.86. The Morgan fingerprint density at radius 3 is 2.58 bits per heavy atom. The number of aliphatic hydroxyl groups is 1. The third kappa shape index (κ3) is 3.22. The van der Waals surface area contributed by atoms with Crippen LogP contribution in [0.3, 0.4) is 0 Å². The summed E-state index contributed by atoms with van der Waals surface area (Å²) in [6.45, 7) is 7.26. The van der Waals surface area contributed by atoms with Crippen LogP contribution in [-0.4, -0.2) is 48.8 Å². The second-order valence-electron chi connectivity index (χ2n) is 7.87. The Morgan fingerprint density at radius 1 is 1.29 bits per heavy atom. The SMILES string of the molecule is CN(C(=O)[C@@H]1C[C@@H]1c1ccc2c(c1)OCCO2)[C@@H](CO)C(C)(C)C. The molecule has 0 spiro atoms. The number of fused-ring (bicyclic) bond motifs is 1. The summed E-state index contributed by atoms with van der Waals surface area (Å²) in [5.41, 5.74) is 0.975. The van der Waals surface area contributed by atoms with Crippen LogP contribution in [0.25, 0.3) is 0 Å². The summed E-state index contributed by atoms with van der Waals surface area (Å²) in [6, 6.07) is 5.78. The van der Waals surface area contributed by atoms with Crippen LogP contribution in [0.1, 0.15) is 38.7 Å². The maximum absolute atomic E-state index is 12.8. The number of aliphatic hydroxyl groups excluding tert-OH is 1. The third-order valence-electron chi connectivity index (χ3n) is 5.09. The maximum atomic E-state index is 12.8. The van der Waals surface area contributed by atoms with Gasteiger partial charge in [-0.25, -0.2) is 0 Å². The number of hydrogen-bond donors (Lipinski definition) is 1. The smallest absolute Gasteiger partial charge is 0.226 e. The molecule has 5 nitrogen and oxygen atoms in total. The maximum Gasteiger partial charge on any atom is 0.226 e. The van der Waals surface area contributed by atoms with Crippen molar-refractivity contribution in [2.24, 2.45) is 11.3 Å². The van der Waals surface area contributed by atoms with Gasteiger partial charge in [0.15, 0.2) is 11.5 Å². The lowest BCUT2D eigenvalue weighted by Gasteiger charge is -2.37. The Balaban J connectivity index is 1.69. The van der Waals surface area contributed by atoms with Crippen LogP contribution in [0, 0.1) is 11.3 Å². The molecule has 2 aliphatic rings. The molecule has 1 aromatic carbocycles. The van der Waals surface area contributed by atoms with E-state index in [2.05, 4.69) is 0 Å². The average Bonchev–Trinajstić information content (AvgIpc) is 3.33. The predicted molar refractivity (Wildman–Crippen MR) is 91.4 cm³/mol. The van der Waals surface area contributed by atoms with Gasteiger partial charge in [0.25, 0.3) is 0 Å². The van der Waals surface area contributed by atoms with Crippen molar-refractivity contribution in [3.63, 3.8) is 0 Å². The van der Waals surface area contributed by atoms with Gasteiger partial charge in [0.1, 0.15) is 13.2 Å². The molecule has 1 heterocycles. The minimum Gasteiger partial charge on any atom is -0.486 e. The van der Waals surface area contributed by atoms with Crippen molar-refractivity contribution in [3.8, 4) is 11.5 Å². The van der Waals surface area contributed by atoms with E-state index in [9.17, 15) is 9.90 Å². The Hall–Kier alpha value is -1.75. The molecule has 1 N–H and O–H groups in total. The zero-order valence-electron chi connectivity index (χ0n) is 14.9. The van der Waals surface area contributed by atoms with Gasteiger partial charge in [0.2, 0.25) is 5.91 Å². The molecule has 1 aliphatic heterocycles. The number of benzene rings is 1. The molecule has 0 saturated heterocycles. The van der Waals surface area contributed by atoms with Gasteiger partial charge in [0, 0.05) is 13.0 Å². The zero-order chi connectivity index (χ0) is 17.5. The molecule has 0 unspecified atom stereocenters. The van der Waals surface area contributed by atoms with Gasteiger partial charge in [-0.2, -0.15) is 0 Å². The van der Waals surface area contributed by atoms with Gasteiger partial charge in [-0.15, -0.1) is 0 Å². The third-order valence-corrected chi connectivity index (χ3v) is 5.09. The van der Waals surface area contributed by atoms with Crippen molar-refractivity contribution in [3.05, 3.63) is 23.8 Å². The van der Waals surface area contributed by atoms with Crippen LogP contribution in [0.2, 0.25) is 0 Å². The molecule has 1 saturated carbocycles. The van der Waals surface area contributed by atoms with Crippen molar-refractivity contribution in [1.82, 2.24) is 4.90 Å². The monoisotopic (exact) mass is 333 g/mol. The molecular weight excluding hydrogens is 306 g/mol. The Kier molecular flexibility index (Phi) is 4.47. The van der Waals surface area contributed by atoms with Crippen molar-refractivity contribution >= 4 is 5.91 Å². The van der Waals surface area contributed by atoms with Crippen LogP contribution in [0.5, 0.6) is 11.5 Å². The number of rotatable bonds is 4.